The zero-order chi connectivity index (χ0) is 14.1. The van der Waals surface area contributed by atoms with Gasteiger partial charge in [0.15, 0.2) is 0 Å². The highest BCUT2D eigenvalue weighted by Gasteiger charge is 2.40. The topological polar surface area (TPSA) is 101 Å². The number of hydrogen-bond donors (Lipinski definition) is 2. The van der Waals surface area contributed by atoms with Gasteiger partial charge in [0.1, 0.15) is 5.54 Å². The monoisotopic (exact) mass is 269 g/mol. The summed E-state index contributed by atoms with van der Waals surface area (Å²) in [4.78, 5) is 16.5. The molecule has 1 rings (SSSR count). The number of hydrogen-bond acceptors (Lipinski definition) is 4. The summed E-state index contributed by atoms with van der Waals surface area (Å²) in [7, 11) is 0. The lowest BCUT2D eigenvalue weighted by Crippen LogP contribution is -2.58. The molecule has 0 aliphatic carbocycles. The average Bonchev–Trinajstić information content (AvgIpc) is 2.40. The van der Waals surface area contributed by atoms with E-state index in [2.05, 4.69) is 27.2 Å². The predicted octanol–water partition coefficient (Wildman–Crippen LogP) is 1.61. The van der Waals surface area contributed by atoms with E-state index in [0.29, 0.717) is 32.4 Å². The predicted molar refractivity (Wildman–Crippen MR) is 73.0 cm³/mol. The second kappa shape index (κ2) is 7.99. The fourth-order valence-electron chi connectivity index (χ4n) is 2.46. The number of nitrogens with zero attached hydrogens (tertiary/aromatic N) is 4. The quantitative estimate of drug-likeness (QED) is 0.302. The number of carboxylic acids is 1. The highest BCUT2D eigenvalue weighted by atomic mass is 16.4. The first kappa shape index (κ1) is 15.8. The maximum atomic E-state index is 11.5. The molecule has 19 heavy (non-hydrogen) atoms. The maximum absolute atomic E-state index is 11.5. The van der Waals surface area contributed by atoms with Gasteiger partial charge in [-0.3, -0.25) is 4.79 Å². The Labute approximate surface area is 113 Å². The second-order valence-electron chi connectivity index (χ2n) is 4.96. The summed E-state index contributed by atoms with van der Waals surface area (Å²) in [5, 5.41) is 16.0. The van der Waals surface area contributed by atoms with Crippen LogP contribution in [0.25, 0.3) is 10.4 Å². The van der Waals surface area contributed by atoms with Crippen molar-refractivity contribution in [3.8, 4) is 0 Å². The van der Waals surface area contributed by atoms with Gasteiger partial charge in [-0.25, -0.2) is 0 Å². The molecule has 1 aliphatic rings. The van der Waals surface area contributed by atoms with Crippen LogP contribution in [0.5, 0.6) is 0 Å². The van der Waals surface area contributed by atoms with E-state index in [-0.39, 0.29) is 0 Å². The third kappa shape index (κ3) is 4.70. The molecule has 0 spiro atoms. The standard InChI is InChI=1S/C12H23N5O2/c1-2-8-17-9-4-12(5-10-17,11(18)19)14-6-3-7-15-16-13/h14H,2-10H2,1H3,(H,18,19). The minimum atomic E-state index is -0.805. The lowest BCUT2D eigenvalue weighted by atomic mass is 9.87. The van der Waals surface area contributed by atoms with E-state index in [0.717, 1.165) is 26.1 Å². The molecule has 0 bridgehead atoms. The molecule has 0 unspecified atom stereocenters. The van der Waals surface area contributed by atoms with Crippen molar-refractivity contribution in [3.05, 3.63) is 10.4 Å². The van der Waals surface area contributed by atoms with Crippen molar-refractivity contribution in [1.29, 1.82) is 0 Å². The molecule has 0 aromatic rings. The Morgan fingerprint density at radius 2 is 2.21 bits per heavy atom. The van der Waals surface area contributed by atoms with Crippen molar-refractivity contribution in [2.24, 2.45) is 5.11 Å². The van der Waals surface area contributed by atoms with Gasteiger partial charge in [0.2, 0.25) is 0 Å². The molecule has 7 heteroatoms. The summed E-state index contributed by atoms with van der Waals surface area (Å²) >= 11 is 0. The Bertz CT molecular complexity index is 333. The van der Waals surface area contributed by atoms with Crippen LogP contribution in [0.4, 0.5) is 0 Å². The van der Waals surface area contributed by atoms with E-state index in [1.807, 2.05) is 0 Å². The van der Waals surface area contributed by atoms with Crippen LogP contribution in [-0.4, -0.2) is 54.2 Å². The van der Waals surface area contributed by atoms with Crippen molar-refractivity contribution < 1.29 is 9.90 Å². The largest absolute Gasteiger partial charge is 0.480 e. The van der Waals surface area contributed by atoms with Gasteiger partial charge in [0.25, 0.3) is 0 Å². The molecule has 7 nitrogen and oxygen atoms in total. The van der Waals surface area contributed by atoms with Crippen molar-refractivity contribution in [2.75, 3.05) is 32.7 Å². The summed E-state index contributed by atoms with van der Waals surface area (Å²) in [6.45, 7) is 5.78. The van der Waals surface area contributed by atoms with Crippen LogP contribution >= 0.6 is 0 Å². The van der Waals surface area contributed by atoms with Crippen LogP contribution in [0.3, 0.4) is 0 Å². The fourth-order valence-corrected chi connectivity index (χ4v) is 2.46. The first-order chi connectivity index (χ1) is 9.14. The second-order valence-corrected chi connectivity index (χ2v) is 4.96. The van der Waals surface area contributed by atoms with Crippen molar-refractivity contribution in [3.63, 3.8) is 0 Å². The van der Waals surface area contributed by atoms with Crippen LogP contribution in [0.2, 0.25) is 0 Å². The Hall–Kier alpha value is -1.30. The zero-order valence-corrected chi connectivity index (χ0v) is 11.5. The van der Waals surface area contributed by atoms with E-state index in [9.17, 15) is 9.90 Å². The van der Waals surface area contributed by atoms with Crippen LogP contribution < -0.4 is 5.32 Å². The van der Waals surface area contributed by atoms with E-state index in [1.54, 1.807) is 0 Å². The number of piperidine rings is 1. The first-order valence-corrected chi connectivity index (χ1v) is 6.86. The van der Waals surface area contributed by atoms with Crippen LogP contribution in [-0.2, 0) is 4.79 Å². The average molecular weight is 269 g/mol. The Morgan fingerprint density at radius 3 is 2.74 bits per heavy atom. The molecule has 1 saturated heterocycles. The number of azide groups is 1. The molecule has 0 radical (unpaired) electrons. The van der Waals surface area contributed by atoms with E-state index in [4.69, 9.17) is 5.53 Å². The molecule has 1 fully saturated rings. The lowest BCUT2D eigenvalue weighted by molar-refractivity contribution is -0.147. The number of nitrogens with one attached hydrogen (secondary N) is 1. The maximum Gasteiger partial charge on any atom is 0.323 e. The highest BCUT2D eigenvalue weighted by Crippen LogP contribution is 2.23. The van der Waals surface area contributed by atoms with Gasteiger partial charge < -0.3 is 15.3 Å². The molecule has 0 atom stereocenters. The number of rotatable bonds is 8. The van der Waals surface area contributed by atoms with Gasteiger partial charge in [-0.05, 0) is 44.3 Å². The van der Waals surface area contributed by atoms with Crippen molar-refractivity contribution in [1.82, 2.24) is 10.2 Å². The minimum Gasteiger partial charge on any atom is -0.480 e. The smallest absolute Gasteiger partial charge is 0.323 e. The summed E-state index contributed by atoms with van der Waals surface area (Å²) in [6, 6.07) is 0. The molecule has 1 aliphatic heterocycles. The Balaban J connectivity index is 2.43. The van der Waals surface area contributed by atoms with Gasteiger partial charge in [0, 0.05) is 24.5 Å². The summed E-state index contributed by atoms with van der Waals surface area (Å²) < 4.78 is 0. The molecule has 0 saturated carbocycles. The van der Waals surface area contributed by atoms with E-state index >= 15 is 0 Å². The number of likely N-dealkylation sites (tertiary alicyclic amines) is 1. The molecular formula is C12H23N5O2. The summed E-state index contributed by atoms with van der Waals surface area (Å²) in [6.07, 6.45) is 3.02. The fraction of sp³-hybridized carbons (Fsp3) is 0.917. The van der Waals surface area contributed by atoms with Crippen LogP contribution in [0.1, 0.15) is 32.6 Å². The van der Waals surface area contributed by atoms with Gasteiger partial charge in [-0.15, -0.1) is 0 Å². The summed E-state index contributed by atoms with van der Waals surface area (Å²) in [5.74, 6) is -0.771. The van der Waals surface area contributed by atoms with Gasteiger partial charge in [-0.2, -0.15) is 0 Å². The van der Waals surface area contributed by atoms with Crippen LogP contribution in [0, 0.1) is 0 Å². The van der Waals surface area contributed by atoms with Crippen molar-refractivity contribution >= 4 is 5.97 Å². The highest BCUT2D eigenvalue weighted by molar-refractivity contribution is 5.79. The minimum absolute atomic E-state index is 0.404. The normalized spacial score (nSPS) is 18.8. The lowest BCUT2D eigenvalue weighted by Gasteiger charge is -2.39. The van der Waals surface area contributed by atoms with Gasteiger partial charge in [0.05, 0.1) is 0 Å². The zero-order valence-electron chi connectivity index (χ0n) is 11.5. The molecule has 2 N–H and O–H groups in total. The Morgan fingerprint density at radius 1 is 1.53 bits per heavy atom. The van der Waals surface area contributed by atoms with E-state index in [1.165, 1.54) is 0 Å². The molecule has 0 aromatic carbocycles. The first-order valence-electron chi connectivity index (χ1n) is 6.86. The molecule has 0 amide bonds. The van der Waals surface area contributed by atoms with E-state index < -0.39 is 11.5 Å². The van der Waals surface area contributed by atoms with Crippen molar-refractivity contribution in [2.45, 2.75) is 38.1 Å². The number of aliphatic carboxylic acids is 1. The molecule has 0 aromatic heterocycles. The van der Waals surface area contributed by atoms with Gasteiger partial charge in [-0.1, -0.05) is 12.0 Å². The molecule has 108 valence electrons. The third-order valence-corrected chi connectivity index (χ3v) is 3.62. The number of carbonyl (C=O) groups is 1. The molecule has 1 heterocycles. The van der Waals surface area contributed by atoms with Crippen LogP contribution in [0.15, 0.2) is 5.11 Å². The molecular weight excluding hydrogens is 246 g/mol. The summed E-state index contributed by atoms with van der Waals surface area (Å²) in [5.41, 5.74) is 7.37. The third-order valence-electron chi connectivity index (χ3n) is 3.62. The van der Waals surface area contributed by atoms with Gasteiger partial charge >= 0.3 is 5.97 Å². The number of carboxylic acid groups (broad SMARTS) is 1. The SMILES string of the molecule is CCCN1CCC(NCCCN=[N+]=[N-])(C(=O)O)CC1. The Kier molecular flexibility index (Phi) is 6.62.